The zero-order valence-electron chi connectivity index (χ0n) is 17.0. The average molecular weight is 373 g/mol. The van der Waals surface area contributed by atoms with Gasteiger partial charge in [0.1, 0.15) is 6.10 Å². The van der Waals surface area contributed by atoms with Crippen LogP contribution in [-0.2, 0) is 19.1 Å². The lowest BCUT2D eigenvalue weighted by atomic mass is 9.47. The number of fused-ring (bicyclic) bond motifs is 5. The van der Waals surface area contributed by atoms with Gasteiger partial charge in [-0.15, -0.1) is 0 Å². The molecule has 4 nitrogen and oxygen atoms in total. The molecule has 0 aromatic rings. The number of Topliss-reactive ketones (excluding diaryl/α,β-unsaturated/α-hetero) is 1. The summed E-state index contributed by atoms with van der Waals surface area (Å²) in [5.41, 5.74) is 1.09. The minimum absolute atomic E-state index is 0.00945. The van der Waals surface area contributed by atoms with Gasteiger partial charge in [0.05, 0.1) is 0 Å². The van der Waals surface area contributed by atoms with Crippen LogP contribution >= 0.6 is 0 Å². The number of carbonyl (C=O) groups excluding carboxylic acids is 3. The van der Waals surface area contributed by atoms with Gasteiger partial charge in [0.2, 0.25) is 11.6 Å². The normalized spacial score (nSPS) is 46.2. The highest BCUT2D eigenvalue weighted by Gasteiger charge is 2.62. The van der Waals surface area contributed by atoms with Crippen molar-refractivity contribution in [2.75, 3.05) is 0 Å². The van der Waals surface area contributed by atoms with Gasteiger partial charge in [0, 0.05) is 18.3 Å². The summed E-state index contributed by atoms with van der Waals surface area (Å²) >= 11 is 0. The molecule has 0 aliphatic heterocycles. The lowest BCUT2D eigenvalue weighted by molar-refractivity contribution is -0.162. The van der Waals surface area contributed by atoms with Crippen molar-refractivity contribution < 1.29 is 19.1 Å². The summed E-state index contributed by atoms with van der Waals surface area (Å²) in [5, 5.41) is 0. The maximum absolute atomic E-state index is 12.2. The molecular formula is C23H32O4. The second-order valence-corrected chi connectivity index (χ2v) is 9.99. The van der Waals surface area contributed by atoms with Gasteiger partial charge in [0.15, 0.2) is 0 Å². The smallest absolute Gasteiger partial charge is 0.305 e. The molecule has 148 valence electrons. The van der Waals surface area contributed by atoms with Gasteiger partial charge in [-0.2, -0.15) is 0 Å². The molecule has 0 aromatic carbocycles. The fourth-order valence-corrected chi connectivity index (χ4v) is 7.26. The Morgan fingerprint density at radius 2 is 1.96 bits per heavy atom. The zero-order chi connectivity index (χ0) is 19.6. The highest BCUT2D eigenvalue weighted by molar-refractivity contribution is 6.42. The van der Waals surface area contributed by atoms with Crippen LogP contribution in [-0.4, -0.2) is 23.6 Å². The molecule has 4 aliphatic carbocycles. The van der Waals surface area contributed by atoms with Gasteiger partial charge in [-0.25, -0.2) is 0 Å². The Bertz CT molecular complexity index is 722. The first-order chi connectivity index (χ1) is 12.7. The van der Waals surface area contributed by atoms with Crippen LogP contribution in [0.2, 0.25) is 0 Å². The summed E-state index contributed by atoms with van der Waals surface area (Å²) in [6, 6.07) is 0. The zero-order valence-corrected chi connectivity index (χ0v) is 17.0. The SMILES string of the molecule is CCC(=O)O[C@@H]1[C@H](C)C[C@H]2[C@@H]3CCC4=CC(=O)C(=O)C[C@]4(C)[C@H]3CC[C@]12C. The fraction of sp³-hybridized carbons (Fsp3) is 0.783. The lowest BCUT2D eigenvalue weighted by Gasteiger charge is -2.57. The second-order valence-electron chi connectivity index (χ2n) is 9.99. The standard InChI is InChI=1S/C23H32O4/c1-5-20(26)27-21-13(2)10-17-15-7-6-14-11-18(24)19(25)12-23(14,4)16(15)8-9-22(17,21)3/h11,13,15-17,21H,5-10,12H2,1-4H3/t13-,15-,16+,17+,21-,22+,23+/m1/s1. The Hall–Kier alpha value is -1.45. The van der Waals surface area contributed by atoms with Crippen LogP contribution < -0.4 is 0 Å². The van der Waals surface area contributed by atoms with Crippen LogP contribution in [0.3, 0.4) is 0 Å². The van der Waals surface area contributed by atoms with Crippen molar-refractivity contribution >= 4 is 17.5 Å². The molecule has 0 heterocycles. The highest BCUT2D eigenvalue weighted by atomic mass is 16.5. The molecule has 3 saturated carbocycles. The minimum atomic E-state index is -0.303. The van der Waals surface area contributed by atoms with E-state index in [9.17, 15) is 14.4 Å². The molecule has 0 N–H and O–H groups in total. The third kappa shape index (κ3) is 2.66. The van der Waals surface area contributed by atoms with Crippen LogP contribution in [0.1, 0.15) is 72.6 Å². The van der Waals surface area contributed by atoms with E-state index in [1.165, 1.54) is 5.57 Å². The molecule has 0 spiro atoms. The summed E-state index contributed by atoms with van der Waals surface area (Å²) in [6.45, 7) is 8.63. The van der Waals surface area contributed by atoms with E-state index in [1.807, 2.05) is 6.92 Å². The molecule has 3 fully saturated rings. The van der Waals surface area contributed by atoms with Gasteiger partial charge >= 0.3 is 5.97 Å². The predicted molar refractivity (Wildman–Crippen MR) is 102 cm³/mol. The number of hydrogen-bond donors (Lipinski definition) is 0. The molecule has 4 aliphatic rings. The molecule has 0 radical (unpaired) electrons. The molecule has 0 bridgehead atoms. The number of allylic oxidation sites excluding steroid dienone is 1. The Morgan fingerprint density at radius 3 is 2.67 bits per heavy atom. The number of rotatable bonds is 2. The Balaban J connectivity index is 1.64. The van der Waals surface area contributed by atoms with E-state index >= 15 is 0 Å². The molecule has 0 aromatic heterocycles. The van der Waals surface area contributed by atoms with Gasteiger partial charge in [-0.3, -0.25) is 14.4 Å². The number of hydrogen-bond acceptors (Lipinski definition) is 4. The van der Waals surface area contributed by atoms with E-state index in [0.717, 1.165) is 32.1 Å². The highest BCUT2D eigenvalue weighted by Crippen LogP contribution is 2.66. The molecule has 0 unspecified atom stereocenters. The van der Waals surface area contributed by atoms with E-state index in [2.05, 4.69) is 20.8 Å². The third-order valence-corrected chi connectivity index (χ3v) is 8.62. The fourth-order valence-electron chi connectivity index (χ4n) is 7.26. The lowest BCUT2D eigenvalue weighted by Crippen LogP contribution is -2.52. The molecule has 0 amide bonds. The number of ether oxygens (including phenoxy) is 1. The van der Waals surface area contributed by atoms with Crippen molar-refractivity contribution in [3.8, 4) is 0 Å². The van der Waals surface area contributed by atoms with Crippen molar-refractivity contribution in [2.24, 2.45) is 34.5 Å². The van der Waals surface area contributed by atoms with Crippen molar-refractivity contribution in [3.05, 3.63) is 11.6 Å². The first kappa shape index (κ1) is 18.9. The average Bonchev–Trinajstić information content (AvgIpc) is 2.87. The van der Waals surface area contributed by atoms with E-state index in [1.54, 1.807) is 6.08 Å². The monoisotopic (exact) mass is 372 g/mol. The maximum Gasteiger partial charge on any atom is 0.305 e. The molecule has 27 heavy (non-hydrogen) atoms. The first-order valence-corrected chi connectivity index (χ1v) is 10.7. The van der Waals surface area contributed by atoms with Crippen molar-refractivity contribution in [1.82, 2.24) is 0 Å². The summed E-state index contributed by atoms with van der Waals surface area (Å²) in [7, 11) is 0. The molecular weight excluding hydrogens is 340 g/mol. The Kier molecular flexibility index (Phi) is 4.40. The van der Waals surface area contributed by atoms with Crippen LogP contribution in [0.25, 0.3) is 0 Å². The number of ketones is 2. The number of carbonyl (C=O) groups is 3. The Labute approximate surface area is 162 Å². The summed E-state index contributed by atoms with van der Waals surface area (Å²) < 4.78 is 5.94. The van der Waals surface area contributed by atoms with E-state index < -0.39 is 0 Å². The van der Waals surface area contributed by atoms with Crippen LogP contribution in [0.5, 0.6) is 0 Å². The van der Waals surface area contributed by atoms with Crippen molar-refractivity contribution in [1.29, 1.82) is 0 Å². The second kappa shape index (κ2) is 6.28. The van der Waals surface area contributed by atoms with Gasteiger partial charge < -0.3 is 4.74 Å². The third-order valence-electron chi connectivity index (χ3n) is 8.62. The summed E-state index contributed by atoms with van der Waals surface area (Å²) in [6.07, 6.45) is 7.68. The van der Waals surface area contributed by atoms with Crippen molar-refractivity contribution in [3.63, 3.8) is 0 Å². The largest absolute Gasteiger partial charge is 0.461 e. The summed E-state index contributed by atoms with van der Waals surface area (Å²) in [4.78, 5) is 36.2. The molecule has 0 saturated heterocycles. The molecule has 4 rings (SSSR count). The minimum Gasteiger partial charge on any atom is -0.461 e. The maximum atomic E-state index is 12.2. The van der Waals surface area contributed by atoms with Crippen LogP contribution in [0, 0.1) is 34.5 Å². The first-order valence-electron chi connectivity index (χ1n) is 10.7. The van der Waals surface area contributed by atoms with Crippen molar-refractivity contribution in [2.45, 2.75) is 78.7 Å². The molecule has 7 atom stereocenters. The topological polar surface area (TPSA) is 60.4 Å². The van der Waals surface area contributed by atoms with E-state index in [0.29, 0.717) is 36.5 Å². The van der Waals surface area contributed by atoms with Gasteiger partial charge in [-0.1, -0.05) is 33.3 Å². The summed E-state index contributed by atoms with van der Waals surface area (Å²) in [5.74, 6) is 1.32. The van der Waals surface area contributed by atoms with E-state index in [4.69, 9.17) is 4.74 Å². The van der Waals surface area contributed by atoms with Crippen LogP contribution in [0.15, 0.2) is 11.6 Å². The molecule has 4 heteroatoms. The number of esters is 1. The van der Waals surface area contributed by atoms with E-state index in [-0.39, 0.29) is 34.5 Å². The predicted octanol–water partition coefficient (Wildman–Crippen LogP) is 4.27. The Morgan fingerprint density at radius 1 is 1.22 bits per heavy atom. The van der Waals surface area contributed by atoms with Gasteiger partial charge in [0.25, 0.3) is 0 Å². The quantitative estimate of drug-likeness (QED) is 0.537. The van der Waals surface area contributed by atoms with Crippen LogP contribution in [0.4, 0.5) is 0 Å². The van der Waals surface area contributed by atoms with Gasteiger partial charge in [-0.05, 0) is 67.3 Å².